The van der Waals surface area contributed by atoms with E-state index in [1.807, 2.05) is 0 Å². The van der Waals surface area contributed by atoms with Crippen molar-refractivity contribution in [1.29, 1.82) is 0 Å². The van der Waals surface area contributed by atoms with E-state index < -0.39 is 15.3 Å². The molecule has 0 aromatic carbocycles. The van der Waals surface area contributed by atoms with Gasteiger partial charge in [-0.2, -0.15) is 4.31 Å². The molecule has 2 aromatic rings. The zero-order valence-electron chi connectivity index (χ0n) is 15.2. The average Bonchev–Trinajstić information content (AvgIpc) is 3.11. The summed E-state index contributed by atoms with van der Waals surface area (Å²) >= 11 is 1.33. The number of aromatic nitrogens is 2. The van der Waals surface area contributed by atoms with E-state index in [1.165, 1.54) is 15.6 Å². The molecule has 0 aliphatic carbocycles. The van der Waals surface area contributed by atoms with Crippen molar-refractivity contribution in [3.8, 4) is 0 Å². The molecule has 1 amide bonds. The molecule has 8 nitrogen and oxygen atoms in total. The molecule has 142 valence electrons. The lowest BCUT2D eigenvalue weighted by atomic mass is 10.1. The number of carbonyl (C=O) groups excluding carboxylic acids is 1. The lowest BCUT2D eigenvalue weighted by Gasteiger charge is -2.26. The summed E-state index contributed by atoms with van der Waals surface area (Å²) in [6.45, 7) is 7.66. The van der Waals surface area contributed by atoms with Crippen molar-refractivity contribution in [2.24, 2.45) is 0 Å². The summed E-state index contributed by atoms with van der Waals surface area (Å²) in [7, 11) is -3.29. The molecule has 3 rings (SSSR count). The van der Waals surface area contributed by atoms with E-state index in [-0.39, 0.29) is 12.3 Å². The van der Waals surface area contributed by atoms with Crippen molar-refractivity contribution in [1.82, 2.24) is 14.4 Å². The topological polar surface area (TPSA) is 105 Å². The van der Waals surface area contributed by atoms with Crippen LogP contribution in [-0.4, -0.2) is 40.6 Å². The van der Waals surface area contributed by atoms with Crippen molar-refractivity contribution < 1.29 is 17.7 Å². The normalized spacial score (nSPS) is 15.3. The van der Waals surface area contributed by atoms with E-state index in [0.717, 1.165) is 16.1 Å². The molecule has 2 aromatic heterocycles. The van der Waals surface area contributed by atoms with Gasteiger partial charge in [0.1, 0.15) is 5.76 Å². The van der Waals surface area contributed by atoms with Crippen LogP contribution in [0.25, 0.3) is 0 Å². The van der Waals surface area contributed by atoms with Crippen LogP contribution in [0.4, 0.5) is 5.13 Å². The van der Waals surface area contributed by atoms with Crippen LogP contribution in [0.2, 0.25) is 0 Å². The molecule has 1 aliphatic heterocycles. The molecule has 0 saturated carbocycles. The maximum Gasteiger partial charge on any atom is 0.230 e. The number of hydrogen-bond acceptors (Lipinski definition) is 7. The van der Waals surface area contributed by atoms with Gasteiger partial charge in [0.2, 0.25) is 15.9 Å². The molecule has 1 N–H and O–H groups in total. The van der Waals surface area contributed by atoms with Gasteiger partial charge in [-0.3, -0.25) is 4.79 Å². The van der Waals surface area contributed by atoms with Crippen molar-refractivity contribution in [2.75, 3.05) is 11.9 Å². The smallest absolute Gasteiger partial charge is 0.230 e. The first kappa shape index (κ1) is 19.0. The Morgan fingerprint density at radius 2 is 2.12 bits per heavy atom. The van der Waals surface area contributed by atoms with Crippen molar-refractivity contribution in [3.63, 3.8) is 0 Å². The summed E-state index contributed by atoms with van der Waals surface area (Å²) in [6.07, 6.45) is 0.719. The summed E-state index contributed by atoms with van der Waals surface area (Å²) in [5.74, 6) is 0.433. The quantitative estimate of drug-likeness (QED) is 0.826. The lowest BCUT2D eigenvalue weighted by molar-refractivity contribution is -0.115. The highest BCUT2D eigenvalue weighted by Gasteiger charge is 2.31. The number of hydrogen-bond donors (Lipinski definition) is 1. The van der Waals surface area contributed by atoms with Crippen molar-refractivity contribution in [3.05, 3.63) is 27.6 Å². The van der Waals surface area contributed by atoms with Crippen LogP contribution >= 0.6 is 11.3 Å². The fourth-order valence-electron chi connectivity index (χ4n) is 2.82. The second-order valence-corrected chi connectivity index (χ2v) is 10.2. The van der Waals surface area contributed by atoms with Gasteiger partial charge < -0.3 is 9.84 Å². The Kier molecular flexibility index (Phi) is 5.18. The second-order valence-electron chi connectivity index (χ2n) is 6.59. The van der Waals surface area contributed by atoms with Gasteiger partial charge in [0.25, 0.3) is 0 Å². The van der Waals surface area contributed by atoms with Gasteiger partial charge in [-0.25, -0.2) is 13.4 Å². The molecular weight excluding hydrogens is 376 g/mol. The van der Waals surface area contributed by atoms with Crippen LogP contribution in [0.3, 0.4) is 0 Å². The number of nitrogens with one attached hydrogen (secondary N) is 1. The Morgan fingerprint density at radius 3 is 2.73 bits per heavy atom. The SMILES string of the molecule is Cc1noc(C)c1CC(=O)Nc1nc2c(s1)CN(S(=O)(=O)C(C)C)CC2. The Hall–Kier alpha value is -1.78. The van der Waals surface area contributed by atoms with E-state index in [9.17, 15) is 13.2 Å². The molecule has 0 radical (unpaired) electrons. The fraction of sp³-hybridized carbons (Fsp3) is 0.562. The predicted molar refractivity (Wildman–Crippen MR) is 98.6 cm³/mol. The van der Waals surface area contributed by atoms with E-state index >= 15 is 0 Å². The first-order chi connectivity index (χ1) is 12.2. The third-order valence-electron chi connectivity index (χ3n) is 4.42. The van der Waals surface area contributed by atoms with Crippen LogP contribution < -0.4 is 5.32 Å². The van der Waals surface area contributed by atoms with Crippen molar-refractivity contribution in [2.45, 2.75) is 52.3 Å². The van der Waals surface area contributed by atoms with Crippen LogP contribution in [-0.2, 0) is 34.2 Å². The molecule has 0 atom stereocenters. The summed E-state index contributed by atoms with van der Waals surface area (Å²) in [5.41, 5.74) is 2.33. The van der Waals surface area contributed by atoms with Crippen LogP contribution in [0.5, 0.6) is 0 Å². The summed E-state index contributed by atoms with van der Waals surface area (Å²) in [5, 5.41) is 6.69. The van der Waals surface area contributed by atoms with Gasteiger partial charge in [0.05, 0.1) is 23.1 Å². The monoisotopic (exact) mass is 398 g/mol. The number of rotatable bonds is 5. The van der Waals surface area contributed by atoms with Crippen LogP contribution in [0.15, 0.2) is 4.52 Å². The van der Waals surface area contributed by atoms with Crippen LogP contribution in [0.1, 0.15) is 41.4 Å². The number of aryl methyl sites for hydroxylation is 2. The van der Waals surface area contributed by atoms with E-state index in [4.69, 9.17) is 4.52 Å². The second kappa shape index (κ2) is 7.09. The number of thiazole rings is 1. The Balaban J connectivity index is 1.69. The zero-order valence-corrected chi connectivity index (χ0v) is 16.8. The molecule has 1 aliphatic rings. The number of carbonyl (C=O) groups is 1. The van der Waals surface area contributed by atoms with E-state index in [0.29, 0.717) is 36.1 Å². The molecule has 0 spiro atoms. The van der Waals surface area contributed by atoms with Gasteiger partial charge in [-0.05, 0) is 27.7 Å². The number of anilines is 1. The molecular formula is C16H22N4O4S2. The van der Waals surface area contributed by atoms with Crippen molar-refractivity contribution >= 4 is 32.4 Å². The molecule has 0 unspecified atom stereocenters. The van der Waals surface area contributed by atoms with Gasteiger partial charge in [0, 0.05) is 30.0 Å². The van der Waals surface area contributed by atoms with Crippen LogP contribution in [0, 0.1) is 13.8 Å². The maximum atomic E-state index is 12.3. The first-order valence-corrected chi connectivity index (χ1v) is 10.7. The minimum atomic E-state index is -3.29. The molecule has 0 saturated heterocycles. The number of nitrogens with zero attached hydrogens (tertiary/aromatic N) is 3. The number of amides is 1. The Labute approximate surface area is 156 Å². The Morgan fingerprint density at radius 1 is 1.38 bits per heavy atom. The number of sulfonamides is 1. The Bertz CT molecular complexity index is 911. The third-order valence-corrected chi connectivity index (χ3v) is 7.64. The molecule has 26 heavy (non-hydrogen) atoms. The number of fused-ring (bicyclic) bond motifs is 1. The highest BCUT2D eigenvalue weighted by molar-refractivity contribution is 7.89. The van der Waals surface area contributed by atoms with Gasteiger partial charge in [-0.1, -0.05) is 5.16 Å². The average molecular weight is 399 g/mol. The maximum absolute atomic E-state index is 12.3. The van der Waals surface area contributed by atoms with E-state index in [2.05, 4.69) is 15.5 Å². The third kappa shape index (κ3) is 3.67. The largest absolute Gasteiger partial charge is 0.361 e. The minimum absolute atomic E-state index is 0.166. The van der Waals surface area contributed by atoms with Gasteiger partial charge in [-0.15, -0.1) is 11.3 Å². The first-order valence-electron chi connectivity index (χ1n) is 8.37. The fourth-order valence-corrected chi connectivity index (χ4v) is 5.19. The molecule has 3 heterocycles. The highest BCUT2D eigenvalue weighted by atomic mass is 32.2. The predicted octanol–water partition coefficient (Wildman–Crippen LogP) is 2.03. The summed E-state index contributed by atoms with van der Waals surface area (Å²) < 4.78 is 31.3. The lowest BCUT2D eigenvalue weighted by Crippen LogP contribution is -2.39. The van der Waals surface area contributed by atoms with Gasteiger partial charge in [0.15, 0.2) is 5.13 Å². The molecule has 0 fully saturated rings. The zero-order chi connectivity index (χ0) is 19.1. The summed E-state index contributed by atoms with van der Waals surface area (Å²) in [4.78, 5) is 17.6. The highest BCUT2D eigenvalue weighted by Crippen LogP contribution is 2.30. The van der Waals surface area contributed by atoms with Gasteiger partial charge >= 0.3 is 0 Å². The molecule has 0 bridgehead atoms. The van der Waals surface area contributed by atoms with E-state index in [1.54, 1.807) is 27.7 Å². The standard InChI is InChI=1S/C16H22N4O4S2/c1-9(2)26(22,23)20-6-5-13-14(8-20)25-16(17-13)18-15(21)7-12-10(3)19-24-11(12)4/h9H,5-8H2,1-4H3,(H,17,18,21). The molecule has 10 heteroatoms. The summed E-state index contributed by atoms with van der Waals surface area (Å²) in [6, 6.07) is 0. The minimum Gasteiger partial charge on any atom is -0.361 e.